The summed E-state index contributed by atoms with van der Waals surface area (Å²) in [7, 11) is 3.24. The number of carbonyl (C=O) groups excluding carboxylic acids is 1. The summed E-state index contributed by atoms with van der Waals surface area (Å²) in [6.45, 7) is 1.41. The van der Waals surface area contributed by atoms with Crippen LogP contribution >= 0.6 is 0 Å². The number of carbonyl (C=O) groups is 1. The number of esters is 1. The predicted octanol–water partition coefficient (Wildman–Crippen LogP) is 3.31. The number of benzene rings is 2. The first-order valence-corrected chi connectivity index (χ1v) is 7.75. The summed E-state index contributed by atoms with van der Waals surface area (Å²) < 4.78 is 22.1. The second kappa shape index (κ2) is 6.83. The summed E-state index contributed by atoms with van der Waals surface area (Å²) in [5.41, 5.74) is 1.92. The van der Waals surface area contributed by atoms with Crippen LogP contribution in [0.2, 0.25) is 0 Å². The predicted molar refractivity (Wildman–Crippen MR) is 88.6 cm³/mol. The molecule has 0 spiro atoms. The van der Waals surface area contributed by atoms with E-state index in [1.807, 2.05) is 42.5 Å². The van der Waals surface area contributed by atoms with Crippen LogP contribution in [-0.2, 0) is 16.0 Å². The molecular formula is C19H20O5. The quantitative estimate of drug-likeness (QED) is 0.806. The van der Waals surface area contributed by atoms with Gasteiger partial charge >= 0.3 is 5.97 Å². The Balaban J connectivity index is 1.94. The highest BCUT2D eigenvalue weighted by Crippen LogP contribution is 2.38. The largest absolute Gasteiger partial charge is 0.497 e. The van der Waals surface area contributed by atoms with E-state index in [4.69, 9.17) is 18.9 Å². The van der Waals surface area contributed by atoms with Crippen LogP contribution in [-0.4, -0.2) is 26.3 Å². The summed E-state index contributed by atoms with van der Waals surface area (Å²) >= 11 is 0. The van der Waals surface area contributed by atoms with Gasteiger partial charge in [-0.1, -0.05) is 18.2 Å². The summed E-state index contributed by atoms with van der Waals surface area (Å²) in [6, 6.07) is 13.2. The van der Waals surface area contributed by atoms with Crippen LogP contribution in [0.4, 0.5) is 0 Å². The van der Waals surface area contributed by atoms with Gasteiger partial charge in [-0.25, -0.2) is 0 Å². The van der Waals surface area contributed by atoms with Crippen molar-refractivity contribution in [3.8, 4) is 17.2 Å². The van der Waals surface area contributed by atoms with Gasteiger partial charge in [-0.3, -0.25) is 4.79 Å². The van der Waals surface area contributed by atoms with Gasteiger partial charge in [-0.05, 0) is 29.3 Å². The highest BCUT2D eigenvalue weighted by atomic mass is 16.6. The second-order valence-electron chi connectivity index (χ2n) is 5.64. The van der Waals surface area contributed by atoms with E-state index in [0.717, 1.165) is 28.4 Å². The van der Waals surface area contributed by atoms with E-state index in [1.165, 1.54) is 6.92 Å². The number of fused-ring (bicyclic) bond motifs is 1. The van der Waals surface area contributed by atoms with E-state index >= 15 is 0 Å². The molecule has 3 rings (SSSR count). The fourth-order valence-electron chi connectivity index (χ4n) is 2.87. The zero-order valence-corrected chi connectivity index (χ0v) is 13.9. The Morgan fingerprint density at radius 3 is 2.33 bits per heavy atom. The molecule has 2 atom stereocenters. The van der Waals surface area contributed by atoms with E-state index in [-0.39, 0.29) is 18.2 Å². The maximum Gasteiger partial charge on any atom is 0.303 e. The van der Waals surface area contributed by atoms with Gasteiger partial charge in [-0.2, -0.15) is 0 Å². The molecule has 1 heterocycles. The smallest absolute Gasteiger partial charge is 0.303 e. The van der Waals surface area contributed by atoms with Gasteiger partial charge < -0.3 is 18.9 Å². The van der Waals surface area contributed by atoms with Crippen LogP contribution in [0.25, 0.3) is 0 Å². The van der Waals surface area contributed by atoms with Crippen molar-refractivity contribution in [3.63, 3.8) is 0 Å². The molecule has 0 saturated heterocycles. The zero-order valence-electron chi connectivity index (χ0n) is 13.9. The summed E-state index contributed by atoms with van der Waals surface area (Å²) in [6.07, 6.45) is -0.161. The van der Waals surface area contributed by atoms with Crippen LogP contribution in [0, 0.1) is 0 Å². The fourth-order valence-corrected chi connectivity index (χ4v) is 2.87. The Morgan fingerprint density at radius 2 is 1.71 bits per heavy atom. The SMILES string of the molecule is COc1ccc([C@@H]2Oc3cc(OC)ccc3C[C@@H]2OC(C)=O)cc1. The van der Waals surface area contributed by atoms with Gasteiger partial charge in [-0.15, -0.1) is 0 Å². The van der Waals surface area contributed by atoms with Crippen LogP contribution in [0.5, 0.6) is 17.2 Å². The Kier molecular flexibility index (Phi) is 4.60. The molecule has 24 heavy (non-hydrogen) atoms. The van der Waals surface area contributed by atoms with Crippen molar-refractivity contribution in [2.75, 3.05) is 14.2 Å². The van der Waals surface area contributed by atoms with E-state index in [1.54, 1.807) is 14.2 Å². The molecule has 0 N–H and O–H groups in total. The van der Waals surface area contributed by atoms with E-state index < -0.39 is 0 Å². The lowest BCUT2D eigenvalue weighted by Gasteiger charge is -2.33. The number of ether oxygens (including phenoxy) is 4. The molecule has 0 aromatic heterocycles. The van der Waals surface area contributed by atoms with Gasteiger partial charge in [0, 0.05) is 19.4 Å². The molecular weight excluding hydrogens is 308 g/mol. The number of rotatable bonds is 4. The Labute approximate surface area is 141 Å². The molecule has 126 valence electrons. The zero-order chi connectivity index (χ0) is 17.1. The third-order valence-corrected chi connectivity index (χ3v) is 4.05. The van der Waals surface area contributed by atoms with Crippen LogP contribution in [0.1, 0.15) is 24.2 Å². The van der Waals surface area contributed by atoms with E-state index in [0.29, 0.717) is 6.42 Å². The molecule has 5 nitrogen and oxygen atoms in total. The van der Waals surface area contributed by atoms with Crippen molar-refractivity contribution >= 4 is 5.97 Å². The summed E-state index contributed by atoms with van der Waals surface area (Å²) in [5, 5.41) is 0. The maximum absolute atomic E-state index is 11.5. The van der Waals surface area contributed by atoms with E-state index in [2.05, 4.69) is 0 Å². The third-order valence-electron chi connectivity index (χ3n) is 4.05. The van der Waals surface area contributed by atoms with Crippen molar-refractivity contribution in [3.05, 3.63) is 53.6 Å². The minimum atomic E-state index is -0.378. The molecule has 1 aliphatic heterocycles. The molecule has 0 unspecified atom stereocenters. The lowest BCUT2D eigenvalue weighted by Crippen LogP contribution is -2.34. The van der Waals surface area contributed by atoms with E-state index in [9.17, 15) is 4.79 Å². The highest BCUT2D eigenvalue weighted by molar-refractivity contribution is 5.66. The maximum atomic E-state index is 11.5. The van der Waals surface area contributed by atoms with Crippen molar-refractivity contribution < 1.29 is 23.7 Å². The second-order valence-corrected chi connectivity index (χ2v) is 5.64. The average Bonchev–Trinajstić information content (AvgIpc) is 2.60. The Hall–Kier alpha value is -2.69. The van der Waals surface area contributed by atoms with Crippen LogP contribution < -0.4 is 14.2 Å². The monoisotopic (exact) mass is 328 g/mol. The molecule has 0 aliphatic carbocycles. The fraction of sp³-hybridized carbons (Fsp3) is 0.316. The normalized spacial score (nSPS) is 19.0. The lowest BCUT2D eigenvalue weighted by atomic mass is 9.94. The first-order valence-electron chi connectivity index (χ1n) is 7.75. The molecule has 1 aliphatic rings. The number of hydrogen-bond donors (Lipinski definition) is 0. The van der Waals surface area contributed by atoms with Gasteiger partial charge in [0.25, 0.3) is 0 Å². The Morgan fingerprint density at radius 1 is 1.04 bits per heavy atom. The van der Waals surface area contributed by atoms with Crippen molar-refractivity contribution in [1.82, 2.24) is 0 Å². The third kappa shape index (κ3) is 3.30. The minimum Gasteiger partial charge on any atom is -0.497 e. The van der Waals surface area contributed by atoms with Crippen molar-refractivity contribution in [1.29, 1.82) is 0 Å². The van der Waals surface area contributed by atoms with Crippen LogP contribution in [0.3, 0.4) is 0 Å². The van der Waals surface area contributed by atoms with Crippen molar-refractivity contribution in [2.24, 2.45) is 0 Å². The van der Waals surface area contributed by atoms with Gasteiger partial charge in [0.15, 0.2) is 6.10 Å². The van der Waals surface area contributed by atoms with Gasteiger partial charge in [0.1, 0.15) is 23.4 Å². The highest BCUT2D eigenvalue weighted by Gasteiger charge is 2.34. The first-order chi connectivity index (χ1) is 11.6. The molecule has 0 fully saturated rings. The standard InChI is InChI=1S/C19H20O5/c1-12(20)23-18-10-14-6-9-16(22-3)11-17(14)24-19(18)13-4-7-15(21-2)8-5-13/h4-9,11,18-19H,10H2,1-3H3/t18-,19-/m0/s1. The summed E-state index contributed by atoms with van der Waals surface area (Å²) in [5.74, 6) is 1.92. The molecule has 0 radical (unpaired) electrons. The molecule has 0 bridgehead atoms. The van der Waals surface area contributed by atoms with Crippen molar-refractivity contribution in [2.45, 2.75) is 25.6 Å². The van der Waals surface area contributed by atoms with Gasteiger partial charge in [0.2, 0.25) is 0 Å². The molecule has 0 amide bonds. The molecule has 0 saturated carbocycles. The topological polar surface area (TPSA) is 54.0 Å². The molecule has 5 heteroatoms. The van der Waals surface area contributed by atoms with Gasteiger partial charge in [0.05, 0.1) is 14.2 Å². The number of hydrogen-bond acceptors (Lipinski definition) is 5. The first kappa shape index (κ1) is 16.2. The molecule has 2 aromatic carbocycles. The minimum absolute atomic E-state index is 0.320. The average molecular weight is 328 g/mol. The Bertz CT molecular complexity index is 723. The van der Waals surface area contributed by atoms with Crippen LogP contribution in [0.15, 0.2) is 42.5 Å². The summed E-state index contributed by atoms with van der Waals surface area (Å²) in [4.78, 5) is 11.5. The molecule has 2 aromatic rings. The number of methoxy groups -OCH3 is 2. The lowest BCUT2D eigenvalue weighted by molar-refractivity contribution is -0.152.